The Morgan fingerprint density at radius 2 is 0.344 bits per heavy atom. The van der Waals surface area contributed by atoms with E-state index >= 15 is 0 Å². The zero-order chi connectivity index (χ0) is 45.8. The molecule has 0 aliphatic heterocycles. The summed E-state index contributed by atoms with van der Waals surface area (Å²) < 4.78 is 0. The second-order valence-corrected chi connectivity index (χ2v) is 29.5. The summed E-state index contributed by atoms with van der Waals surface area (Å²) in [6.07, 6.45) is 77.9. The molecule has 0 aromatic heterocycles. The van der Waals surface area contributed by atoms with E-state index in [9.17, 15) is 0 Å². The van der Waals surface area contributed by atoms with Crippen LogP contribution in [0.1, 0.15) is 311 Å². The van der Waals surface area contributed by atoms with E-state index in [0.29, 0.717) is 0 Å². The van der Waals surface area contributed by atoms with E-state index in [2.05, 4.69) is 66.9 Å². The highest BCUT2D eigenvalue weighted by Crippen LogP contribution is 2.62. The topological polar surface area (TPSA) is 0 Å². The van der Waals surface area contributed by atoms with Crippen molar-refractivity contribution >= 4 is 14.5 Å². The maximum absolute atomic E-state index is 4.23. The molecular formula is C60H124Cl2P2. The molecular weight excluding hydrogens is 854 g/mol. The standard InChI is InChI=1S/C33H68P.C27H56P.2ClH/c1-5-9-12-15-18-21-24-27-31-34(30-8-4,32-28-25-22-19-16-13-10-6-2)33-29-26-23-20-17-14-11-7-3;1-5-9-12-15-18-21-25-28(24-8-4,26-22-19-16-13-10-6-2)27-23-20-17-14-11-7-3;;/h8H,4-7,9-33H2,1-3H3;8H,4-7,9-27H2,1-3H3;2*1H/q2*+1;;/p-2. The normalized spacial score (nSPS) is 11.5. The molecule has 0 bridgehead atoms. The van der Waals surface area contributed by atoms with Crippen molar-refractivity contribution in [2.24, 2.45) is 0 Å². The third-order valence-corrected chi connectivity index (χ3v) is 24.1. The highest BCUT2D eigenvalue weighted by molar-refractivity contribution is 7.76. The second-order valence-electron chi connectivity index (χ2n) is 20.7. The van der Waals surface area contributed by atoms with Crippen molar-refractivity contribution in [3.63, 3.8) is 0 Å². The second kappa shape index (κ2) is 60.0. The van der Waals surface area contributed by atoms with E-state index in [-0.39, 0.29) is 24.8 Å². The van der Waals surface area contributed by atoms with Gasteiger partial charge in [-0.15, -0.1) is 0 Å². The van der Waals surface area contributed by atoms with Crippen LogP contribution in [-0.2, 0) is 0 Å². The Morgan fingerprint density at radius 1 is 0.219 bits per heavy atom. The molecule has 64 heavy (non-hydrogen) atoms. The fourth-order valence-electron chi connectivity index (χ4n) is 10.2. The highest BCUT2D eigenvalue weighted by atomic mass is 35.5. The molecule has 0 unspecified atom stereocenters. The predicted molar refractivity (Wildman–Crippen MR) is 301 cm³/mol. The Labute approximate surface area is 422 Å². The maximum atomic E-state index is 4.23. The Bertz CT molecular complexity index is 754. The monoisotopic (exact) mass is 977 g/mol. The minimum absolute atomic E-state index is 0. The van der Waals surface area contributed by atoms with E-state index < -0.39 is 14.5 Å². The molecule has 0 radical (unpaired) electrons. The molecule has 0 aromatic rings. The predicted octanol–water partition coefficient (Wildman–Crippen LogP) is 16.9. The van der Waals surface area contributed by atoms with Crippen LogP contribution in [0.25, 0.3) is 0 Å². The number of hydrogen-bond donors (Lipinski definition) is 0. The smallest absolute Gasteiger partial charge is 0.0771 e. The van der Waals surface area contributed by atoms with Crippen molar-refractivity contribution in [3.8, 4) is 0 Å². The van der Waals surface area contributed by atoms with Crippen LogP contribution in [-0.4, -0.2) is 49.3 Å². The third kappa shape index (κ3) is 50.8. The molecule has 4 heteroatoms. The lowest BCUT2D eigenvalue weighted by molar-refractivity contribution is -0.001000. The van der Waals surface area contributed by atoms with Crippen molar-refractivity contribution in [2.45, 2.75) is 311 Å². The van der Waals surface area contributed by atoms with E-state index in [4.69, 9.17) is 0 Å². The molecule has 0 amide bonds. The van der Waals surface area contributed by atoms with Crippen LogP contribution >= 0.6 is 14.5 Å². The molecule has 0 nitrogen and oxygen atoms in total. The quantitative estimate of drug-likeness (QED) is 0.0324. The lowest BCUT2D eigenvalue weighted by Crippen LogP contribution is -3.00. The van der Waals surface area contributed by atoms with Crippen LogP contribution in [0.5, 0.6) is 0 Å². The fraction of sp³-hybridized carbons (Fsp3) is 0.933. The Balaban J connectivity index is -0.000000555. The first-order valence-corrected chi connectivity index (χ1v) is 34.5. The Kier molecular flexibility index (Phi) is 67.1. The van der Waals surface area contributed by atoms with Crippen LogP contribution in [0, 0.1) is 0 Å². The van der Waals surface area contributed by atoms with Gasteiger partial charge in [0.15, 0.2) is 0 Å². The van der Waals surface area contributed by atoms with Gasteiger partial charge in [-0.3, -0.25) is 0 Å². The molecule has 0 aromatic carbocycles. The van der Waals surface area contributed by atoms with Crippen LogP contribution in [0.4, 0.5) is 0 Å². The molecule has 0 aliphatic carbocycles. The number of hydrogen-bond acceptors (Lipinski definition) is 0. The van der Waals surface area contributed by atoms with Gasteiger partial charge >= 0.3 is 0 Å². The zero-order valence-corrected chi connectivity index (χ0v) is 48.9. The van der Waals surface area contributed by atoms with Gasteiger partial charge in [-0.1, -0.05) is 259 Å². The SMILES string of the molecule is C=CC[P+](CCCCCCCC)(CCCCCCCC)CCCCCCCC.C=CC[P+](CCCCCCCCCC)(CCCCCCCCCC)CCCCCCCCCC.[Cl-].[Cl-]. The summed E-state index contributed by atoms with van der Waals surface area (Å²) in [7, 11) is -1.59. The molecule has 0 heterocycles. The van der Waals surface area contributed by atoms with Crippen LogP contribution in [0.2, 0.25) is 0 Å². The maximum Gasteiger partial charge on any atom is 0.0771 e. The van der Waals surface area contributed by atoms with Gasteiger partial charge in [0.25, 0.3) is 0 Å². The number of halogens is 2. The highest BCUT2D eigenvalue weighted by Gasteiger charge is 2.35. The largest absolute Gasteiger partial charge is 1.00 e. The van der Waals surface area contributed by atoms with Gasteiger partial charge in [0.1, 0.15) is 0 Å². The molecule has 0 fully saturated rings. The molecule has 0 saturated carbocycles. The van der Waals surface area contributed by atoms with Crippen molar-refractivity contribution in [3.05, 3.63) is 25.3 Å². The summed E-state index contributed by atoms with van der Waals surface area (Å²) in [6.45, 7) is 22.3. The minimum Gasteiger partial charge on any atom is -1.00 e. The van der Waals surface area contributed by atoms with Gasteiger partial charge in [-0.25, -0.2) is 0 Å². The number of unbranched alkanes of at least 4 members (excludes halogenated alkanes) is 36. The van der Waals surface area contributed by atoms with Crippen LogP contribution in [0.15, 0.2) is 25.3 Å². The van der Waals surface area contributed by atoms with Crippen molar-refractivity contribution in [1.29, 1.82) is 0 Å². The van der Waals surface area contributed by atoms with E-state index in [1.54, 1.807) is 37.0 Å². The Hall–Kier alpha value is 0.920. The summed E-state index contributed by atoms with van der Waals surface area (Å²) in [5.41, 5.74) is 0. The van der Waals surface area contributed by atoms with Gasteiger partial charge < -0.3 is 24.8 Å². The fourth-order valence-corrected chi connectivity index (χ4v) is 19.1. The molecule has 388 valence electrons. The van der Waals surface area contributed by atoms with Gasteiger partial charge in [-0.2, -0.15) is 0 Å². The molecule has 0 saturated heterocycles. The van der Waals surface area contributed by atoms with Crippen molar-refractivity contribution in [2.75, 3.05) is 49.3 Å². The average molecular weight is 979 g/mol. The first kappa shape index (κ1) is 71.5. The molecule has 0 rings (SSSR count). The summed E-state index contributed by atoms with van der Waals surface area (Å²) in [5, 5.41) is 0. The summed E-state index contributed by atoms with van der Waals surface area (Å²) >= 11 is 0. The lowest BCUT2D eigenvalue weighted by Gasteiger charge is -2.27. The first-order valence-electron chi connectivity index (χ1n) is 29.4. The van der Waals surface area contributed by atoms with E-state index in [1.807, 2.05) is 0 Å². The Morgan fingerprint density at radius 3 is 0.469 bits per heavy atom. The van der Waals surface area contributed by atoms with Crippen LogP contribution in [0.3, 0.4) is 0 Å². The summed E-state index contributed by atoms with van der Waals surface area (Å²) in [6, 6.07) is 0. The van der Waals surface area contributed by atoms with Crippen molar-refractivity contribution in [1.82, 2.24) is 0 Å². The number of allylic oxidation sites excluding steroid dienone is 2. The average Bonchev–Trinajstić information content (AvgIpc) is 3.27. The van der Waals surface area contributed by atoms with Gasteiger partial charge in [0.05, 0.1) is 49.3 Å². The molecule has 0 spiro atoms. The minimum atomic E-state index is -0.813. The van der Waals surface area contributed by atoms with E-state index in [1.165, 1.54) is 282 Å². The van der Waals surface area contributed by atoms with Gasteiger partial charge in [-0.05, 0) is 77.0 Å². The summed E-state index contributed by atoms with van der Waals surface area (Å²) in [5.74, 6) is 0. The molecule has 0 aliphatic rings. The van der Waals surface area contributed by atoms with Crippen LogP contribution < -0.4 is 24.8 Å². The zero-order valence-electron chi connectivity index (χ0n) is 45.6. The van der Waals surface area contributed by atoms with Gasteiger partial charge in [0.2, 0.25) is 0 Å². The van der Waals surface area contributed by atoms with E-state index in [0.717, 1.165) is 0 Å². The lowest BCUT2D eigenvalue weighted by atomic mass is 10.1. The molecule has 0 atom stereocenters. The third-order valence-electron chi connectivity index (χ3n) is 14.4. The molecule has 0 N–H and O–H groups in total. The number of rotatable bonds is 52. The first-order chi connectivity index (χ1) is 30.5. The van der Waals surface area contributed by atoms with Crippen molar-refractivity contribution < 1.29 is 24.8 Å². The van der Waals surface area contributed by atoms with Gasteiger partial charge in [0, 0.05) is 14.5 Å². The summed E-state index contributed by atoms with van der Waals surface area (Å²) in [4.78, 5) is 0.